The Balaban J connectivity index is 1.79. The molecule has 1 fully saturated rings. The zero-order valence-electron chi connectivity index (χ0n) is 15.6. The van der Waals surface area contributed by atoms with Crippen LogP contribution < -0.4 is 0 Å². The number of fused-ring (bicyclic) bond motifs is 3. The van der Waals surface area contributed by atoms with Gasteiger partial charge in [0.1, 0.15) is 5.54 Å². The van der Waals surface area contributed by atoms with Gasteiger partial charge in [0.15, 0.2) is 0 Å². The normalized spacial score (nSPS) is 23.5. The number of benzene rings is 2. The van der Waals surface area contributed by atoms with Gasteiger partial charge in [0.2, 0.25) is 5.24 Å². The van der Waals surface area contributed by atoms with Gasteiger partial charge in [0, 0.05) is 18.9 Å². The summed E-state index contributed by atoms with van der Waals surface area (Å²) < 4.78 is 5.68. The summed E-state index contributed by atoms with van der Waals surface area (Å²) in [4.78, 5) is 25.8. The molecule has 28 heavy (non-hydrogen) atoms. The van der Waals surface area contributed by atoms with Gasteiger partial charge in [-0.1, -0.05) is 48.5 Å². The van der Waals surface area contributed by atoms with Crippen molar-refractivity contribution < 1.29 is 19.4 Å². The molecule has 1 heterocycles. The predicted molar refractivity (Wildman–Crippen MR) is 107 cm³/mol. The molecule has 0 spiro atoms. The van der Waals surface area contributed by atoms with E-state index in [1.807, 2.05) is 43.3 Å². The summed E-state index contributed by atoms with van der Waals surface area (Å²) in [6, 6.07) is 16.2. The summed E-state index contributed by atoms with van der Waals surface area (Å²) in [6.45, 7) is 2.47. The lowest BCUT2D eigenvalue weighted by Crippen LogP contribution is -2.51. The van der Waals surface area contributed by atoms with Gasteiger partial charge in [-0.3, -0.25) is 9.69 Å². The van der Waals surface area contributed by atoms with E-state index >= 15 is 0 Å². The van der Waals surface area contributed by atoms with E-state index < -0.39 is 16.9 Å². The van der Waals surface area contributed by atoms with E-state index in [0.29, 0.717) is 13.0 Å². The highest BCUT2D eigenvalue weighted by Crippen LogP contribution is 2.51. The van der Waals surface area contributed by atoms with Crippen LogP contribution in [0, 0.1) is 0 Å². The van der Waals surface area contributed by atoms with Crippen LogP contribution in [0.5, 0.6) is 0 Å². The first-order valence-corrected chi connectivity index (χ1v) is 9.86. The highest BCUT2D eigenvalue weighted by molar-refractivity contribution is 6.65. The van der Waals surface area contributed by atoms with E-state index in [2.05, 4.69) is 12.1 Å². The molecule has 1 N–H and O–H groups in total. The second kappa shape index (κ2) is 7.22. The molecule has 5 nitrogen and oxygen atoms in total. The maximum absolute atomic E-state index is 12.6. The summed E-state index contributed by atoms with van der Waals surface area (Å²) in [5, 5.41) is 9.17. The molecule has 2 aromatic carbocycles. The summed E-state index contributed by atoms with van der Waals surface area (Å²) in [6.07, 6.45) is -0.901. The van der Waals surface area contributed by atoms with Gasteiger partial charge in [-0.2, -0.15) is 0 Å². The van der Waals surface area contributed by atoms with E-state index in [9.17, 15) is 14.7 Å². The lowest BCUT2D eigenvalue weighted by Gasteiger charge is -2.35. The van der Waals surface area contributed by atoms with Crippen LogP contribution in [0.4, 0.5) is 4.79 Å². The Hall–Kier alpha value is -2.37. The number of amides is 1. The van der Waals surface area contributed by atoms with Crippen LogP contribution in [-0.2, 0) is 9.53 Å². The van der Waals surface area contributed by atoms with Crippen molar-refractivity contribution in [2.75, 3.05) is 13.2 Å². The number of ether oxygens (including phenoxy) is 1. The number of halogens is 1. The third-order valence-corrected chi connectivity index (χ3v) is 6.32. The first kappa shape index (κ1) is 19.0. The van der Waals surface area contributed by atoms with Crippen LogP contribution in [-0.4, -0.2) is 46.1 Å². The molecule has 2 atom stereocenters. The number of carbonyl (C=O) groups is 2. The summed E-state index contributed by atoms with van der Waals surface area (Å²) in [5.41, 5.74) is 3.16. The van der Waals surface area contributed by atoms with E-state index in [1.165, 1.54) is 4.90 Å². The SMILES string of the molecule is CCO[C@H]1CN(C(=O)O)[C@](CC2c3ccccc3-c3ccccc32)(C(=O)Cl)C1. The molecule has 4 rings (SSSR count). The molecule has 2 aliphatic rings. The van der Waals surface area contributed by atoms with Gasteiger partial charge in [-0.15, -0.1) is 0 Å². The van der Waals surface area contributed by atoms with Crippen molar-refractivity contribution >= 4 is 22.9 Å². The number of carboxylic acid groups (broad SMARTS) is 1. The molecule has 0 unspecified atom stereocenters. The molecule has 2 aromatic rings. The van der Waals surface area contributed by atoms with E-state index in [1.54, 1.807) is 0 Å². The van der Waals surface area contributed by atoms with Crippen molar-refractivity contribution in [2.45, 2.75) is 37.3 Å². The zero-order valence-corrected chi connectivity index (χ0v) is 16.4. The van der Waals surface area contributed by atoms with Crippen molar-refractivity contribution in [3.8, 4) is 11.1 Å². The second-order valence-electron chi connectivity index (χ2n) is 7.41. The summed E-state index contributed by atoms with van der Waals surface area (Å²) in [7, 11) is 0. The molecule has 0 saturated carbocycles. The fraction of sp³-hybridized carbons (Fsp3) is 0.364. The van der Waals surface area contributed by atoms with Gasteiger partial charge in [0.25, 0.3) is 0 Å². The Bertz CT molecular complexity index is 885. The van der Waals surface area contributed by atoms with Gasteiger partial charge in [-0.05, 0) is 47.2 Å². The zero-order chi connectivity index (χ0) is 19.9. The first-order chi connectivity index (χ1) is 13.5. The average molecular weight is 400 g/mol. The number of hydrogen-bond acceptors (Lipinski definition) is 3. The third-order valence-electron chi connectivity index (χ3n) is 5.97. The predicted octanol–water partition coefficient (Wildman–Crippen LogP) is 4.48. The molecule has 1 amide bonds. The van der Waals surface area contributed by atoms with Crippen molar-refractivity contribution in [2.24, 2.45) is 0 Å². The van der Waals surface area contributed by atoms with Crippen molar-refractivity contribution in [3.05, 3.63) is 59.7 Å². The minimum Gasteiger partial charge on any atom is -0.465 e. The van der Waals surface area contributed by atoms with Gasteiger partial charge < -0.3 is 9.84 Å². The standard InChI is InChI=1S/C22H22ClNO4/c1-2-28-14-11-22(20(23)25,24(13-14)21(26)27)12-19-17-9-5-3-7-15(17)16-8-4-6-10-18(16)19/h3-10,14,19H,2,11-13H2,1H3,(H,26,27)/t14-,22-/m1/s1. The largest absolute Gasteiger partial charge is 0.465 e. The van der Waals surface area contributed by atoms with Gasteiger partial charge in [-0.25, -0.2) is 4.79 Å². The summed E-state index contributed by atoms with van der Waals surface area (Å²) in [5.74, 6) is -0.0997. The lowest BCUT2D eigenvalue weighted by atomic mass is 9.81. The molecule has 0 bridgehead atoms. The van der Waals surface area contributed by atoms with E-state index in [-0.39, 0.29) is 25.0 Å². The minimum absolute atomic E-state index is 0.0997. The van der Waals surface area contributed by atoms with Crippen LogP contribution >= 0.6 is 11.6 Å². The highest BCUT2D eigenvalue weighted by atomic mass is 35.5. The fourth-order valence-corrected chi connectivity index (χ4v) is 5.07. The molecular weight excluding hydrogens is 378 g/mol. The monoisotopic (exact) mass is 399 g/mol. The van der Waals surface area contributed by atoms with Crippen molar-refractivity contribution in [1.29, 1.82) is 0 Å². The number of hydrogen-bond donors (Lipinski definition) is 1. The molecule has 1 saturated heterocycles. The number of likely N-dealkylation sites (tertiary alicyclic amines) is 1. The molecule has 0 aromatic heterocycles. The fourth-order valence-electron chi connectivity index (χ4n) is 4.82. The lowest BCUT2D eigenvalue weighted by molar-refractivity contribution is -0.121. The number of nitrogens with zero attached hydrogens (tertiary/aromatic N) is 1. The number of rotatable bonds is 5. The molecule has 0 radical (unpaired) electrons. The quantitative estimate of drug-likeness (QED) is 0.752. The summed E-state index contributed by atoms with van der Waals surface area (Å²) >= 11 is 6.08. The topological polar surface area (TPSA) is 66.8 Å². The molecule has 1 aliphatic carbocycles. The Labute approximate surface area is 168 Å². The Morgan fingerprint density at radius 2 is 1.71 bits per heavy atom. The van der Waals surface area contributed by atoms with Crippen LogP contribution in [0.2, 0.25) is 0 Å². The Morgan fingerprint density at radius 1 is 1.14 bits per heavy atom. The van der Waals surface area contributed by atoms with Crippen LogP contribution in [0.15, 0.2) is 48.5 Å². The molecule has 6 heteroatoms. The van der Waals surface area contributed by atoms with E-state index in [4.69, 9.17) is 16.3 Å². The van der Waals surface area contributed by atoms with Crippen LogP contribution in [0.25, 0.3) is 11.1 Å². The van der Waals surface area contributed by atoms with Crippen molar-refractivity contribution in [3.63, 3.8) is 0 Å². The Morgan fingerprint density at radius 3 is 2.21 bits per heavy atom. The van der Waals surface area contributed by atoms with Gasteiger partial charge >= 0.3 is 6.09 Å². The molecule has 1 aliphatic heterocycles. The third kappa shape index (κ3) is 2.90. The van der Waals surface area contributed by atoms with Crippen LogP contribution in [0.1, 0.15) is 36.8 Å². The van der Waals surface area contributed by atoms with Gasteiger partial charge in [0.05, 0.1) is 12.6 Å². The Kier molecular flexibility index (Phi) is 4.89. The average Bonchev–Trinajstić information content (AvgIpc) is 3.20. The maximum Gasteiger partial charge on any atom is 0.408 e. The van der Waals surface area contributed by atoms with Crippen molar-refractivity contribution in [1.82, 2.24) is 4.90 Å². The maximum atomic E-state index is 12.6. The smallest absolute Gasteiger partial charge is 0.408 e. The minimum atomic E-state index is -1.30. The molecular formula is C22H22ClNO4. The number of carbonyl (C=O) groups excluding carboxylic acids is 1. The first-order valence-electron chi connectivity index (χ1n) is 9.48. The van der Waals surface area contributed by atoms with E-state index in [0.717, 1.165) is 22.3 Å². The highest BCUT2D eigenvalue weighted by Gasteiger charge is 2.55. The molecule has 146 valence electrons. The van der Waals surface area contributed by atoms with Crippen LogP contribution in [0.3, 0.4) is 0 Å². The second-order valence-corrected chi connectivity index (χ2v) is 7.75.